The number of amides is 1. The van der Waals surface area contributed by atoms with Crippen molar-refractivity contribution in [1.82, 2.24) is 5.32 Å². The van der Waals surface area contributed by atoms with Crippen LogP contribution in [0.1, 0.15) is 44.5 Å². The van der Waals surface area contributed by atoms with Crippen LogP contribution in [0.25, 0.3) is 0 Å². The second-order valence-corrected chi connectivity index (χ2v) is 4.72. The zero-order valence-electron chi connectivity index (χ0n) is 11.8. The lowest BCUT2D eigenvalue weighted by atomic mass is 10.0. The van der Waals surface area contributed by atoms with E-state index in [1.165, 1.54) is 0 Å². The fourth-order valence-corrected chi connectivity index (χ4v) is 1.81. The van der Waals surface area contributed by atoms with Gasteiger partial charge in [-0.2, -0.15) is 0 Å². The highest BCUT2D eigenvalue weighted by Gasteiger charge is 2.16. The van der Waals surface area contributed by atoms with Crippen molar-refractivity contribution in [2.24, 2.45) is 5.92 Å². The number of rotatable bonds is 6. The van der Waals surface area contributed by atoms with Gasteiger partial charge in [0.2, 0.25) is 0 Å². The zero-order valence-corrected chi connectivity index (χ0v) is 11.8. The molecule has 0 aliphatic rings. The highest BCUT2D eigenvalue weighted by Crippen LogP contribution is 2.15. The lowest BCUT2D eigenvalue weighted by Crippen LogP contribution is -2.37. The first-order valence-electron chi connectivity index (χ1n) is 6.73. The van der Waals surface area contributed by atoms with E-state index in [1.54, 1.807) is 0 Å². The predicted octanol–water partition coefficient (Wildman–Crippen LogP) is 3.28. The molecule has 1 rings (SSSR count). The zero-order chi connectivity index (χ0) is 13.5. The molecule has 2 atom stereocenters. The molecule has 2 unspecified atom stereocenters. The second kappa shape index (κ2) is 7.04. The van der Waals surface area contributed by atoms with Gasteiger partial charge in [0.05, 0.1) is 5.56 Å². The average molecular weight is 248 g/mol. The van der Waals surface area contributed by atoms with E-state index >= 15 is 0 Å². The van der Waals surface area contributed by atoms with E-state index in [9.17, 15) is 4.79 Å². The van der Waals surface area contributed by atoms with Gasteiger partial charge in [-0.1, -0.05) is 32.4 Å². The molecule has 0 aliphatic heterocycles. The van der Waals surface area contributed by atoms with E-state index < -0.39 is 0 Å². The van der Waals surface area contributed by atoms with Gasteiger partial charge >= 0.3 is 0 Å². The summed E-state index contributed by atoms with van der Waals surface area (Å²) in [5.74, 6) is 0.486. The largest absolute Gasteiger partial charge is 0.385 e. The maximum atomic E-state index is 12.2. The fourth-order valence-electron chi connectivity index (χ4n) is 1.81. The first kappa shape index (κ1) is 14.6. The molecule has 18 heavy (non-hydrogen) atoms. The lowest BCUT2D eigenvalue weighted by molar-refractivity contribution is 0.0929. The number of carbonyl (C=O) groups is 1. The van der Waals surface area contributed by atoms with Crippen molar-refractivity contribution in [3.63, 3.8) is 0 Å². The van der Waals surface area contributed by atoms with Crippen LogP contribution in [0, 0.1) is 5.92 Å². The normalized spacial score (nSPS) is 13.8. The first-order chi connectivity index (χ1) is 8.60. The third-order valence-electron chi connectivity index (χ3n) is 3.40. The van der Waals surface area contributed by atoms with Crippen LogP contribution in [-0.4, -0.2) is 18.5 Å². The van der Waals surface area contributed by atoms with Gasteiger partial charge in [0.15, 0.2) is 0 Å². The third-order valence-corrected chi connectivity index (χ3v) is 3.40. The molecule has 1 aromatic carbocycles. The van der Waals surface area contributed by atoms with Gasteiger partial charge in [0.1, 0.15) is 0 Å². The number of para-hydroxylation sites is 1. The van der Waals surface area contributed by atoms with E-state index in [1.807, 2.05) is 31.2 Å². The second-order valence-electron chi connectivity index (χ2n) is 4.72. The van der Waals surface area contributed by atoms with Gasteiger partial charge in [0.25, 0.3) is 5.91 Å². The summed E-state index contributed by atoms with van der Waals surface area (Å²) >= 11 is 0. The summed E-state index contributed by atoms with van der Waals surface area (Å²) in [5.41, 5.74) is 1.61. The van der Waals surface area contributed by atoms with Gasteiger partial charge in [-0.15, -0.1) is 0 Å². The highest BCUT2D eigenvalue weighted by atomic mass is 16.1. The SMILES string of the molecule is CCNc1ccccc1C(=O)NC(C)C(C)CC. The van der Waals surface area contributed by atoms with Crippen LogP contribution in [0.15, 0.2) is 24.3 Å². The summed E-state index contributed by atoms with van der Waals surface area (Å²) in [4.78, 5) is 12.2. The van der Waals surface area contributed by atoms with Crippen molar-refractivity contribution in [1.29, 1.82) is 0 Å². The molecule has 0 saturated carbocycles. The van der Waals surface area contributed by atoms with Crippen molar-refractivity contribution >= 4 is 11.6 Å². The van der Waals surface area contributed by atoms with E-state index in [2.05, 4.69) is 31.4 Å². The number of benzene rings is 1. The number of hydrogen-bond donors (Lipinski definition) is 2. The minimum Gasteiger partial charge on any atom is -0.385 e. The molecular formula is C15H24N2O. The molecule has 2 N–H and O–H groups in total. The van der Waals surface area contributed by atoms with Crippen molar-refractivity contribution in [3.8, 4) is 0 Å². The van der Waals surface area contributed by atoms with E-state index in [0.29, 0.717) is 5.92 Å². The Kier molecular flexibility index (Phi) is 5.69. The minimum absolute atomic E-state index is 0.000602. The molecule has 0 fully saturated rings. The summed E-state index contributed by atoms with van der Waals surface area (Å²) in [7, 11) is 0. The number of anilines is 1. The van der Waals surface area contributed by atoms with Crippen LogP contribution < -0.4 is 10.6 Å². The fraction of sp³-hybridized carbons (Fsp3) is 0.533. The monoisotopic (exact) mass is 248 g/mol. The molecular weight excluding hydrogens is 224 g/mol. The Hall–Kier alpha value is -1.51. The molecule has 1 aromatic rings. The summed E-state index contributed by atoms with van der Waals surface area (Å²) in [6.45, 7) is 9.19. The Morgan fingerprint density at radius 1 is 1.22 bits per heavy atom. The van der Waals surface area contributed by atoms with Crippen molar-refractivity contribution < 1.29 is 4.79 Å². The molecule has 0 saturated heterocycles. The standard InChI is InChI=1S/C15H24N2O/c1-5-11(3)12(4)17-15(18)13-9-7-8-10-14(13)16-6-2/h7-12,16H,5-6H2,1-4H3,(H,17,18). The van der Waals surface area contributed by atoms with Gasteiger partial charge in [-0.3, -0.25) is 4.79 Å². The molecule has 0 radical (unpaired) electrons. The minimum atomic E-state index is -0.000602. The molecule has 0 spiro atoms. The van der Waals surface area contributed by atoms with E-state index in [0.717, 1.165) is 24.2 Å². The summed E-state index contributed by atoms with van der Waals surface area (Å²) in [5, 5.41) is 6.28. The molecule has 1 amide bonds. The molecule has 0 aliphatic carbocycles. The quantitative estimate of drug-likeness (QED) is 0.811. The summed E-state index contributed by atoms with van der Waals surface area (Å²) in [6, 6.07) is 7.82. The smallest absolute Gasteiger partial charge is 0.253 e. The van der Waals surface area contributed by atoms with Gasteiger partial charge in [-0.05, 0) is 31.9 Å². The molecule has 0 bridgehead atoms. The van der Waals surface area contributed by atoms with Crippen LogP contribution in [0.2, 0.25) is 0 Å². The topological polar surface area (TPSA) is 41.1 Å². The maximum Gasteiger partial charge on any atom is 0.253 e. The Labute approximate surface area is 110 Å². The number of nitrogens with one attached hydrogen (secondary N) is 2. The molecule has 0 aromatic heterocycles. The number of carbonyl (C=O) groups excluding carboxylic acids is 1. The Bertz CT molecular complexity index is 390. The molecule has 3 nitrogen and oxygen atoms in total. The van der Waals surface area contributed by atoms with Gasteiger partial charge in [0, 0.05) is 18.3 Å². The highest BCUT2D eigenvalue weighted by molar-refractivity contribution is 5.99. The molecule has 0 heterocycles. The van der Waals surface area contributed by atoms with Crippen LogP contribution in [-0.2, 0) is 0 Å². The van der Waals surface area contributed by atoms with Crippen molar-refractivity contribution in [3.05, 3.63) is 29.8 Å². The van der Waals surface area contributed by atoms with Crippen LogP contribution in [0.4, 0.5) is 5.69 Å². The van der Waals surface area contributed by atoms with Crippen LogP contribution in [0.3, 0.4) is 0 Å². The maximum absolute atomic E-state index is 12.2. The van der Waals surface area contributed by atoms with Crippen molar-refractivity contribution in [2.45, 2.75) is 40.2 Å². The van der Waals surface area contributed by atoms with Crippen LogP contribution in [0.5, 0.6) is 0 Å². The lowest BCUT2D eigenvalue weighted by Gasteiger charge is -2.20. The Morgan fingerprint density at radius 2 is 1.89 bits per heavy atom. The third kappa shape index (κ3) is 3.76. The first-order valence-corrected chi connectivity index (χ1v) is 6.73. The van der Waals surface area contributed by atoms with Gasteiger partial charge < -0.3 is 10.6 Å². The predicted molar refractivity (Wildman–Crippen MR) is 77.0 cm³/mol. The van der Waals surface area contributed by atoms with Crippen LogP contribution >= 0.6 is 0 Å². The van der Waals surface area contributed by atoms with E-state index in [4.69, 9.17) is 0 Å². The van der Waals surface area contributed by atoms with Crippen molar-refractivity contribution in [2.75, 3.05) is 11.9 Å². The Morgan fingerprint density at radius 3 is 2.50 bits per heavy atom. The summed E-state index contributed by atoms with van der Waals surface area (Å²) in [6.07, 6.45) is 1.07. The van der Waals surface area contributed by atoms with Gasteiger partial charge in [-0.25, -0.2) is 0 Å². The Balaban J connectivity index is 2.77. The summed E-state index contributed by atoms with van der Waals surface area (Å²) < 4.78 is 0. The number of hydrogen-bond acceptors (Lipinski definition) is 2. The molecule has 100 valence electrons. The average Bonchev–Trinajstić information content (AvgIpc) is 2.38. The molecule has 3 heteroatoms. The van der Waals surface area contributed by atoms with E-state index in [-0.39, 0.29) is 11.9 Å².